The maximum atomic E-state index is 8.57. The Balaban J connectivity index is 2.14. The zero-order valence-corrected chi connectivity index (χ0v) is 5.71. The van der Waals surface area contributed by atoms with E-state index < -0.39 is 0 Å². The van der Waals surface area contributed by atoms with E-state index >= 15 is 0 Å². The van der Waals surface area contributed by atoms with Gasteiger partial charge in [-0.3, -0.25) is 7.05 Å². The number of hydrogen-bond acceptors (Lipinski definition) is 2. The van der Waals surface area contributed by atoms with E-state index in [0.717, 1.165) is 19.5 Å². The molecule has 2 nitrogen and oxygen atoms in total. The quantitative estimate of drug-likeness (QED) is 0.547. The minimum atomic E-state index is 0.332. The van der Waals surface area contributed by atoms with Crippen molar-refractivity contribution in [2.45, 2.75) is 12.8 Å². The van der Waals surface area contributed by atoms with Gasteiger partial charge in [0.2, 0.25) is 0 Å². The number of nitrogens with zero attached hydrogens (tertiary/aromatic N) is 1. The van der Waals surface area contributed by atoms with Gasteiger partial charge in [-0.25, -0.2) is 0 Å². The molecule has 1 fully saturated rings. The van der Waals surface area contributed by atoms with E-state index in [2.05, 4.69) is 11.9 Å². The fraction of sp³-hybridized carbons (Fsp3) is 0.857. The lowest BCUT2D eigenvalue weighted by Crippen LogP contribution is -2.11. The molecule has 1 unspecified atom stereocenters. The predicted molar refractivity (Wildman–Crippen MR) is 36.7 cm³/mol. The summed E-state index contributed by atoms with van der Waals surface area (Å²) in [6, 6.07) is 0. The number of rotatable bonds is 2. The van der Waals surface area contributed by atoms with E-state index in [4.69, 9.17) is 5.11 Å². The summed E-state index contributed by atoms with van der Waals surface area (Å²) in [6.07, 6.45) is 2.16. The summed E-state index contributed by atoms with van der Waals surface area (Å²) in [6.45, 7) is 2.50. The van der Waals surface area contributed by atoms with Gasteiger partial charge in [0.05, 0.1) is 0 Å². The molecule has 54 valence electrons. The van der Waals surface area contributed by atoms with E-state index in [0.29, 0.717) is 12.5 Å². The van der Waals surface area contributed by atoms with E-state index in [-0.39, 0.29) is 0 Å². The topological polar surface area (TPSA) is 23.5 Å². The summed E-state index contributed by atoms with van der Waals surface area (Å²) in [7, 11) is 3.82. The van der Waals surface area contributed by atoms with Crippen LogP contribution in [0.2, 0.25) is 0 Å². The van der Waals surface area contributed by atoms with Crippen molar-refractivity contribution in [1.29, 1.82) is 0 Å². The lowest BCUT2D eigenvalue weighted by atomic mass is 10.1. The van der Waals surface area contributed by atoms with Crippen LogP contribution in [-0.4, -0.2) is 29.7 Å². The Bertz CT molecular complexity index is 83.0. The maximum absolute atomic E-state index is 8.57. The van der Waals surface area contributed by atoms with Crippen LogP contribution in [0, 0.1) is 13.0 Å². The highest BCUT2D eigenvalue weighted by Gasteiger charge is 2.14. The first-order valence-electron chi connectivity index (χ1n) is 3.49. The molecule has 0 radical (unpaired) electrons. The zero-order valence-electron chi connectivity index (χ0n) is 5.71. The molecule has 1 rings (SSSR count). The Morgan fingerprint density at radius 3 is 2.89 bits per heavy atom. The van der Waals surface area contributed by atoms with Gasteiger partial charge in [-0.1, -0.05) is 0 Å². The molecule has 0 amide bonds. The molecule has 0 saturated carbocycles. The van der Waals surface area contributed by atoms with Crippen LogP contribution in [0.15, 0.2) is 0 Å². The van der Waals surface area contributed by atoms with Crippen molar-refractivity contribution in [3.63, 3.8) is 0 Å². The monoisotopic (exact) mass is 128 g/mol. The number of likely N-dealkylation sites (tertiary alicyclic amines) is 1. The van der Waals surface area contributed by atoms with Gasteiger partial charge in [0, 0.05) is 6.61 Å². The molecule has 0 spiro atoms. The molecule has 1 saturated heterocycles. The number of aliphatic hydroxyl groups excluding tert-OH is 1. The van der Waals surface area contributed by atoms with Gasteiger partial charge in [0.1, 0.15) is 0 Å². The van der Waals surface area contributed by atoms with Crippen LogP contribution in [0.5, 0.6) is 0 Å². The predicted octanol–water partition coefficient (Wildman–Crippen LogP) is 0.482. The van der Waals surface area contributed by atoms with Crippen molar-refractivity contribution in [1.82, 2.24) is 4.90 Å². The highest BCUT2D eigenvalue weighted by atomic mass is 16.3. The minimum Gasteiger partial charge on any atom is -0.459 e. The van der Waals surface area contributed by atoms with E-state index in [1.54, 1.807) is 0 Å². The third-order valence-electron chi connectivity index (χ3n) is 1.91. The Morgan fingerprint density at radius 2 is 2.44 bits per heavy atom. The number of hydrogen-bond donors (Lipinski definition) is 1. The smallest absolute Gasteiger partial charge is 0.0434 e. The molecule has 2 heteroatoms. The third-order valence-corrected chi connectivity index (χ3v) is 1.91. The second-order valence-corrected chi connectivity index (χ2v) is 2.74. The average molecular weight is 128 g/mol. The van der Waals surface area contributed by atoms with Crippen molar-refractivity contribution in [2.24, 2.45) is 5.92 Å². The van der Waals surface area contributed by atoms with Crippen molar-refractivity contribution < 1.29 is 5.11 Å². The molecule has 1 aliphatic rings. The first kappa shape index (κ1) is 7.03. The lowest BCUT2D eigenvalue weighted by Gasteiger charge is -2.15. The standard InChI is InChI=1S/C7H14NO/c1-8-4-2-7(6-8)3-5-9/h7,9H,1-6H2/q-1. The minimum absolute atomic E-state index is 0.332. The first-order chi connectivity index (χ1) is 4.33. The summed E-state index contributed by atoms with van der Waals surface area (Å²) in [5.74, 6) is 0.701. The van der Waals surface area contributed by atoms with Crippen LogP contribution < -0.4 is 0 Å². The normalized spacial score (nSPS) is 29.3. The zero-order chi connectivity index (χ0) is 6.69. The molecule has 9 heavy (non-hydrogen) atoms. The van der Waals surface area contributed by atoms with Gasteiger partial charge in [-0.15, -0.1) is 0 Å². The summed E-state index contributed by atoms with van der Waals surface area (Å²) in [4.78, 5) is 2.07. The molecule has 0 aliphatic carbocycles. The van der Waals surface area contributed by atoms with Crippen molar-refractivity contribution in [2.75, 3.05) is 19.7 Å². The van der Waals surface area contributed by atoms with E-state index in [1.807, 2.05) is 0 Å². The molecule has 0 bridgehead atoms. The molecule has 0 aromatic carbocycles. The fourth-order valence-electron chi connectivity index (χ4n) is 1.33. The molecule has 0 aromatic heterocycles. The van der Waals surface area contributed by atoms with E-state index in [9.17, 15) is 0 Å². The van der Waals surface area contributed by atoms with Crippen LogP contribution in [0.4, 0.5) is 0 Å². The molecular formula is C7H14NO-. The largest absolute Gasteiger partial charge is 0.459 e. The van der Waals surface area contributed by atoms with Gasteiger partial charge < -0.3 is 10.0 Å². The Hall–Kier alpha value is -0.0800. The van der Waals surface area contributed by atoms with Crippen LogP contribution in [0.3, 0.4) is 0 Å². The average Bonchev–Trinajstić information content (AvgIpc) is 2.17. The van der Waals surface area contributed by atoms with Crippen molar-refractivity contribution in [3.05, 3.63) is 7.05 Å². The third kappa shape index (κ3) is 1.95. The van der Waals surface area contributed by atoms with Crippen LogP contribution in [-0.2, 0) is 0 Å². The molecule has 1 atom stereocenters. The summed E-state index contributed by atoms with van der Waals surface area (Å²) in [5, 5.41) is 8.57. The Morgan fingerprint density at radius 1 is 1.67 bits per heavy atom. The van der Waals surface area contributed by atoms with E-state index in [1.165, 1.54) is 6.42 Å². The Kier molecular flexibility index (Phi) is 2.49. The molecular weight excluding hydrogens is 114 g/mol. The fourth-order valence-corrected chi connectivity index (χ4v) is 1.33. The second kappa shape index (κ2) is 3.18. The summed E-state index contributed by atoms with van der Waals surface area (Å²) >= 11 is 0. The number of aliphatic hydroxyl groups is 1. The summed E-state index contributed by atoms with van der Waals surface area (Å²) in [5.41, 5.74) is 0. The van der Waals surface area contributed by atoms with Gasteiger partial charge in [-0.05, 0) is 31.8 Å². The van der Waals surface area contributed by atoms with Crippen LogP contribution in [0.25, 0.3) is 0 Å². The van der Waals surface area contributed by atoms with Gasteiger partial charge in [0.25, 0.3) is 0 Å². The maximum Gasteiger partial charge on any atom is 0.0434 e. The highest BCUT2D eigenvalue weighted by Crippen LogP contribution is 2.17. The van der Waals surface area contributed by atoms with Crippen molar-refractivity contribution in [3.8, 4) is 0 Å². The molecule has 1 aliphatic heterocycles. The second-order valence-electron chi connectivity index (χ2n) is 2.74. The molecule has 0 aromatic rings. The molecule has 1 N–H and O–H groups in total. The van der Waals surface area contributed by atoms with Gasteiger partial charge in [-0.2, -0.15) is 0 Å². The van der Waals surface area contributed by atoms with Gasteiger partial charge in [0.15, 0.2) is 0 Å². The Labute approximate surface area is 56.5 Å². The van der Waals surface area contributed by atoms with Crippen molar-refractivity contribution >= 4 is 0 Å². The first-order valence-corrected chi connectivity index (χ1v) is 3.49. The lowest BCUT2D eigenvalue weighted by molar-refractivity contribution is 0.258. The highest BCUT2D eigenvalue weighted by molar-refractivity contribution is 4.73. The summed E-state index contributed by atoms with van der Waals surface area (Å²) < 4.78 is 0. The SMILES string of the molecule is [CH2-]N1CCC(CCO)C1. The van der Waals surface area contributed by atoms with Crippen LogP contribution in [0.1, 0.15) is 12.8 Å². The van der Waals surface area contributed by atoms with Gasteiger partial charge >= 0.3 is 0 Å². The van der Waals surface area contributed by atoms with Crippen LogP contribution >= 0.6 is 0 Å². The molecule has 1 heterocycles.